The molecule has 0 aliphatic rings. The molecule has 3 unspecified atom stereocenters. The summed E-state index contributed by atoms with van der Waals surface area (Å²) in [4.78, 5) is 21.7. The summed E-state index contributed by atoms with van der Waals surface area (Å²) in [5, 5.41) is 10.9. The zero-order valence-electron chi connectivity index (χ0n) is 14.9. The van der Waals surface area contributed by atoms with Crippen molar-refractivity contribution in [3.8, 4) is 0 Å². The zero-order valence-corrected chi connectivity index (χ0v) is 17.6. The molecule has 3 atom stereocenters. The van der Waals surface area contributed by atoms with E-state index in [-0.39, 0.29) is 6.61 Å². The molecule has 8 nitrogen and oxygen atoms in total. The maximum Gasteiger partial charge on any atom is 0.383 e. The lowest BCUT2D eigenvalue weighted by Gasteiger charge is -2.24. The Morgan fingerprint density at radius 1 is 1.14 bits per heavy atom. The van der Waals surface area contributed by atoms with Crippen LogP contribution in [0.1, 0.15) is 17.3 Å². The molecule has 1 amide bonds. The molecule has 28 heavy (non-hydrogen) atoms. The van der Waals surface area contributed by atoms with Gasteiger partial charge in [-0.3, -0.25) is 9.32 Å². The van der Waals surface area contributed by atoms with Gasteiger partial charge in [0.15, 0.2) is 0 Å². The highest BCUT2D eigenvalue weighted by molar-refractivity contribution is 8.44. The average molecular weight is 441 g/mol. The summed E-state index contributed by atoms with van der Waals surface area (Å²) >= 11 is 7.13. The second kappa shape index (κ2) is 10.8. The van der Waals surface area contributed by atoms with Crippen LogP contribution in [0, 0.1) is 0 Å². The van der Waals surface area contributed by atoms with Crippen LogP contribution in [0.5, 0.6) is 0 Å². The van der Waals surface area contributed by atoms with Gasteiger partial charge in [0, 0.05) is 5.56 Å². The lowest BCUT2D eigenvalue weighted by Crippen LogP contribution is -2.45. The van der Waals surface area contributed by atoms with Gasteiger partial charge in [0.05, 0.1) is 30.1 Å². The molecule has 0 spiro atoms. The van der Waals surface area contributed by atoms with Crippen LogP contribution in [0.4, 0.5) is 11.4 Å². The first-order valence-corrected chi connectivity index (χ1v) is 11.3. The number of thiol groups is 2. The molecule has 0 bridgehead atoms. The highest BCUT2D eigenvalue weighted by Crippen LogP contribution is 2.48. The summed E-state index contributed by atoms with van der Waals surface area (Å²) in [5.74, 6) is -0.413. The number of benzene rings is 2. The van der Waals surface area contributed by atoms with Crippen LogP contribution < -0.4 is 5.32 Å². The summed E-state index contributed by atoms with van der Waals surface area (Å²) in [5.41, 5.74) is 1.68. The SMILES string of the molecule is CC(OP(=O)(O)S)C(COS)NC(=O)c1ccc(/N=N/c2ccccc2)cc1. The van der Waals surface area contributed by atoms with Crippen LogP contribution in [-0.2, 0) is 13.3 Å². The molecular weight excluding hydrogens is 421 g/mol. The second-order valence-electron chi connectivity index (χ2n) is 5.76. The first kappa shape index (κ1) is 22.6. The van der Waals surface area contributed by atoms with Crippen molar-refractivity contribution in [2.75, 3.05) is 6.61 Å². The number of amides is 1. The molecular formula is C17H20N3O5PS2. The molecule has 150 valence electrons. The topological polar surface area (TPSA) is 110 Å². The minimum Gasteiger partial charge on any atom is -0.344 e. The molecule has 2 aromatic rings. The molecule has 0 radical (unpaired) electrons. The van der Waals surface area contributed by atoms with Crippen molar-refractivity contribution in [3.05, 3.63) is 60.2 Å². The monoisotopic (exact) mass is 441 g/mol. The smallest absolute Gasteiger partial charge is 0.344 e. The predicted octanol–water partition coefficient (Wildman–Crippen LogP) is 4.50. The summed E-state index contributed by atoms with van der Waals surface area (Å²) in [6, 6.07) is 15.0. The van der Waals surface area contributed by atoms with Crippen LogP contribution in [-0.4, -0.2) is 29.6 Å². The van der Waals surface area contributed by atoms with E-state index < -0.39 is 24.9 Å². The molecule has 0 aromatic heterocycles. The highest BCUT2D eigenvalue weighted by Gasteiger charge is 2.26. The third-order valence-corrected chi connectivity index (χ3v) is 4.65. The highest BCUT2D eigenvalue weighted by atomic mass is 32.7. The van der Waals surface area contributed by atoms with Crippen LogP contribution in [0.2, 0.25) is 0 Å². The maximum atomic E-state index is 12.4. The molecule has 0 fully saturated rings. The number of hydrogen-bond acceptors (Lipinski definition) is 7. The van der Waals surface area contributed by atoms with Crippen LogP contribution in [0.3, 0.4) is 0 Å². The van der Waals surface area contributed by atoms with Gasteiger partial charge in [-0.2, -0.15) is 10.2 Å². The molecule has 2 N–H and O–H groups in total. The zero-order chi connectivity index (χ0) is 20.6. The van der Waals surface area contributed by atoms with Crippen molar-refractivity contribution in [3.63, 3.8) is 0 Å². The van der Waals surface area contributed by atoms with Crippen LogP contribution in [0.25, 0.3) is 0 Å². The standard InChI is InChI=1S/C17H20N3O5PS2/c1-12(25-26(22,23)28)16(11-24-27)18-17(21)13-7-9-15(10-8-13)20-19-14-5-3-2-4-6-14/h2-10,12,16,27H,11H2,1H3,(H,18,21)(H2,22,23,28)/b20-19+. The predicted molar refractivity (Wildman–Crippen MR) is 113 cm³/mol. The molecule has 0 aliphatic carbocycles. The fourth-order valence-corrected chi connectivity index (χ4v) is 3.39. The molecule has 0 aliphatic heterocycles. The number of rotatable bonds is 9. The second-order valence-corrected chi connectivity index (χ2v) is 8.73. The third-order valence-electron chi connectivity index (χ3n) is 3.61. The van der Waals surface area contributed by atoms with E-state index in [1.54, 1.807) is 24.3 Å². The normalized spacial score (nSPS) is 15.7. The minimum atomic E-state index is -4.01. The van der Waals surface area contributed by atoms with Gasteiger partial charge < -0.3 is 14.4 Å². The van der Waals surface area contributed by atoms with Crippen LogP contribution in [0.15, 0.2) is 64.8 Å². The molecule has 11 heteroatoms. The number of carbonyl (C=O) groups excluding carboxylic acids is 1. The number of carbonyl (C=O) groups is 1. The Hall–Kier alpha value is -1.68. The Balaban J connectivity index is 2.02. The largest absolute Gasteiger partial charge is 0.383 e. The lowest BCUT2D eigenvalue weighted by molar-refractivity contribution is 0.0832. The number of nitrogens with zero attached hydrogens (tertiary/aromatic N) is 2. The van der Waals surface area contributed by atoms with Crippen molar-refractivity contribution in [1.29, 1.82) is 0 Å². The molecule has 2 aromatic carbocycles. The number of azo groups is 1. The van der Waals surface area contributed by atoms with Crippen molar-refractivity contribution < 1.29 is 23.0 Å². The summed E-state index contributed by atoms with van der Waals surface area (Å²) < 4.78 is 20.9. The van der Waals surface area contributed by atoms with Crippen molar-refractivity contribution >= 4 is 49.2 Å². The van der Waals surface area contributed by atoms with Gasteiger partial charge in [-0.15, -0.1) is 0 Å². The number of hydrogen-bond donors (Lipinski definition) is 4. The van der Waals surface area contributed by atoms with Gasteiger partial charge in [0.25, 0.3) is 5.91 Å². The van der Waals surface area contributed by atoms with E-state index in [0.717, 1.165) is 5.69 Å². The van der Waals surface area contributed by atoms with E-state index in [1.807, 2.05) is 30.3 Å². The van der Waals surface area contributed by atoms with Crippen molar-refractivity contribution in [2.45, 2.75) is 19.1 Å². The quantitative estimate of drug-likeness (QED) is 0.198. The van der Waals surface area contributed by atoms with E-state index in [9.17, 15) is 14.3 Å². The Bertz CT molecular complexity index is 846. The lowest BCUT2D eigenvalue weighted by atomic mass is 10.1. The first-order valence-electron chi connectivity index (χ1n) is 8.16. The van der Waals surface area contributed by atoms with Crippen molar-refractivity contribution in [2.24, 2.45) is 10.2 Å². The minimum absolute atomic E-state index is 0.0346. The molecule has 0 saturated heterocycles. The van der Waals surface area contributed by atoms with E-state index in [2.05, 4.69) is 40.7 Å². The van der Waals surface area contributed by atoms with Gasteiger partial charge in [0.1, 0.15) is 0 Å². The van der Waals surface area contributed by atoms with Gasteiger partial charge >= 0.3 is 6.80 Å². The average Bonchev–Trinajstić information content (AvgIpc) is 2.66. The fraction of sp³-hybridized carbons (Fsp3) is 0.235. The van der Waals surface area contributed by atoms with Gasteiger partial charge in [-0.25, -0.2) is 4.57 Å². The van der Waals surface area contributed by atoms with Gasteiger partial charge in [0.2, 0.25) is 0 Å². The Morgan fingerprint density at radius 3 is 2.25 bits per heavy atom. The summed E-state index contributed by atoms with van der Waals surface area (Å²) in [6.45, 7) is -2.53. The van der Waals surface area contributed by atoms with E-state index >= 15 is 0 Å². The van der Waals surface area contributed by atoms with Gasteiger partial charge in [-0.1, -0.05) is 30.4 Å². The van der Waals surface area contributed by atoms with E-state index in [0.29, 0.717) is 11.3 Å². The van der Waals surface area contributed by atoms with Gasteiger partial charge in [-0.05, 0) is 56.2 Å². The first-order chi connectivity index (χ1) is 13.3. The van der Waals surface area contributed by atoms with E-state index in [1.165, 1.54) is 6.92 Å². The molecule has 0 saturated carbocycles. The third kappa shape index (κ3) is 7.75. The maximum absolute atomic E-state index is 12.4. The van der Waals surface area contributed by atoms with Crippen LogP contribution >= 0.6 is 32.0 Å². The fourth-order valence-electron chi connectivity index (χ4n) is 2.21. The Labute approximate surface area is 173 Å². The van der Waals surface area contributed by atoms with E-state index in [4.69, 9.17) is 8.71 Å². The number of nitrogens with one attached hydrogen (secondary N) is 1. The molecule has 0 heterocycles. The summed E-state index contributed by atoms with van der Waals surface area (Å²) in [7, 11) is 0. The summed E-state index contributed by atoms with van der Waals surface area (Å²) in [6.07, 6.45) is -0.830. The molecule has 2 rings (SSSR count). The Kier molecular flexibility index (Phi) is 8.68. The Morgan fingerprint density at radius 2 is 1.71 bits per heavy atom. The van der Waals surface area contributed by atoms with Crippen molar-refractivity contribution in [1.82, 2.24) is 5.32 Å².